The molecule has 10 heteroatoms. The fourth-order valence-corrected chi connectivity index (χ4v) is 5.44. The highest BCUT2D eigenvalue weighted by Crippen LogP contribution is 2.35. The van der Waals surface area contributed by atoms with Gasteiger partial charge in [-0.25, -0.2) is 4.39 Å². The molecule has 0 saturated carbocycles. The SMILES string of the molecule is Bc1ccccc1CCNC(=O)C(=O)Nc1ccc(Oc2ccnc3cc(CCC4CCNCC4)c(OC)cc23)c(F)c1. The Kier molecular flexibility index (Phi) is 9.89. The summed E-state index contributed by atoms with van der Waals surface area (Å²) in [5.74, 6) is -0.511. The highest BCUT2D eigenvalue weighted by atomic mass is 19.1. The maximum Gasteiger partial charge on any atom is 0.313 e. The summed E-state index contributed by atoms with van der Waals surface area (Å²) in [7, 11) is 3.64. The maximum atomic E-state index is 15.1. The summed E-state index contributed by atoms with van der Waals surface area (Å²) in [6.07, 6.45) is 6.57. The number of amides is 2. The molecule has 0 radical (unpaired) electrons. The molecular formula is C33H36BFN4O4. The lowest BCUT2D eigenvalue weighted by molar-refractivity contribution is -0.136. The topological polar surface area (TPSA) is 102 Å². The minimum absolute atomic E-state index is 0.0258. The Bertz CT molecular complexity index is 1610. The van der Waals surface area contributed by atoms with Gasteiger partial charge in [0.1, 0.15) is 19.3 Å². The number of carbonyl (C=O) groups excluding carboxylic acids is 2. The molecule has 1 aromatic heterocycles. The van der Waals surface area contributed by atoms with Crippen molar-refractivity contribution >= 4 is 41.7 Å². The number of hydrogen-bond acceptors (Lipinski definition) is 6. The van der Waals surface area contributed by atoms with E-state index in [2.05, 4.69) is 20.9 Å². The summed E-state index contributed by atoms with van der Waals surface area (Å²) in [5.41, 5.74) is 4.17. The number of aryl methyl sites for hydroxylation is 1. The molecule has 4 aromatic rings. The molecule has 222 valence electrons. The van der Waals surface area contributed by atoms with Crippen LogP contribution in [0.25, 0.3) is 10.9 Å². The first-order valence-electron chi connectivity index (χ1n) is 14.7. The molecule has 1 aliphatic heterocycles. The number of rotatable bonds is 10. The second-order valence-electron chi connectivity index (χ2n) is 10.9. The number of hydrogen-bond donors (Lipinski definition) is 3. The van der Waals surface area contributed by atoms with Crippen molar-refractivity contribution in [1.29, 1.82) is 0 Å². The molecule has 2 amide bonds. The average Bonchev–Trinajstić information content (AvgIpc) is 3.02. The summed E-state index contributed by atoms with van der Waals surface area (Å²) < 4.78 is 26.7. The van der Waals surface area contributed by atoms with Crippen LogP contribution in [-0.2, 0) is 22.4 Å². The molecule has 0 unspecified atom stereocenters. The molecule has 2 heterocycles. The van der Waals surface area contributed by atoms with E-state index in [1.807, 2.05) is 44.2 Å². The highest BCUT2D eigenvalue weighted by molar-refractivity contribution is 6.39. The van der Waals surface area contributed by atoms with Gasteiger partial charge >= 0.3 is 11.8 Å². The summed E-state index contributed by atoms with van der Waals surface area (Å²) in [6.45, 7) is 2.44. The fraction of sp³-hybridized carbons (Fsp3) is 0.303. The molecule has 0 aliphatic carbocycles. The molecule has 8 nitrogen and oxygen atoms in total. The Labute approximate surface area is 251 Å². The van der Waals surface area contributed by atoms with E-state index in [0.717, 1.165) is 59.9 Å². The van der Waals surface area contributed by atoms with Gasteiger partial charge in [0, 0.05) is 29.9 Å². The molecule has 1 fully saturated rings. The summed E-state index contributed by atoms with van der Waals surface area (Å²) >= 11 is 0. The van der Waals surface area contributed by atoms with Crippen molar-refractivity contribution in [3.63, 3.8) is 0 Å². The number of fused-ring (bicyclic) bond motifs is 1. The van der Waals surface area contributed by atoms with Gasteiger partial charge in [-0.2, -0.15) is 0 Å². The Hall–Kier alpha value is -4.44. The predicted octanol–water partition coefficient (Wildman–Crippen LogP) is 3.66. The third kappa shape index (κ3) is 7.70. The Morgan fingerprint density at radius 2 is 1.79 bits per heavy atom. The molecule has 3 N–H and O–H groups in total. The monoisotopic (exact) mass is 582 g/mol. The van der Waals surface area contributed by atoms with Gasteiger partial charge in [-0.15, -0.1) is 0 Å². The number of anilines is 1. The summed E-state index contributed by atoms with van der Waals surface area (Å²) in [6, 6.07) is 17.5. The van der Waals surface area contributed by atoms with Crippen molar-refractivity contribution in [3.05, 3.63) is 83.8 Å². The van der Waals surface area contributed by atoms with Gasteiger partial charge in [0.2, 0.25) is 0 Å². The number of benzene rings is 3. The van der Waals surface area contributed by atoms with Crippen LogP contribution in [0.5, 0.6) is 17.2 Å². The van der Waals surface area contributed by atoms with Gasteiger partial charge in [0.25, 0.3) is 0 Å². The van der Waals surface area contributed by atoms with E-state index in [0.29, 0.717) is 30.0 Å². The van der Waals surface area contributed by atoms with Gasteiger partial charge in [-0.3, -0.25) is 14.6 Å². The first-order chi connectivity index (χ1) is 20.9. The van der Waals surface area contributed by atoms with E-state index in [9.17, 15) is 9.59 Å². The maximum absolute atomic E-state index is 15.1. The third-order valence-electron chi connectivity index (χ3n) is 7.94. The van der Waals surface area contributed by atoms with Crippen LogP contribution in [0, 0.1) is 11.7 Å². The van der Waals surface area contributed by atoms with Gasteiger partial charge in [0.15, 0.2) is 11.6 Å². The molecule has 1 saturated heterocycles. The predicted molar refractivity (Wildman–Crippen MR) is 169 cm³/mol. The van der Waals surface area contributed by atoms with E-state index >= 15 is 4.39 Å². The van der Waals surface area contributed by atoms with Crippen molar-refractivity contribution in [2.45, 2.75) is 32.1 Å². The zero-order valence-corrected chi connectivity index (χ0v) is 24.5. The van der Waals surface area contributed by atoms with Gasteiger partial charge < -0.3 is 25.4 Å². The van der Waals surface area contributed by atoms with Gasteiger partial charge in [-0.1, -0.05) is 35.3 Å². The Balaban J connectivity index is 1.22. The van der Waals surface area contributed by atoms with Crippen LogP contribution in [0.1, 0.15) is 30.4 Å². The molecule has 0 spiro atoms. The number of piperidine rings is 1. The molecule has 3 aromatic carbocycles. The fourth-order valence-electron chi connectivity index (χ4n) is 5.44. The zero-order valence-electron chi connectivity index (χ0n) is 24.5. The second-order valence-corrected chi connectivity index (χ2v) is 10.9. The number of nitrogens with one attached hydrogen (secondary N) is 3. The smallest absolute Gasteiger partial charge is 0.313 e. The molecule has 0 atom stereocenters. The van der Waals surface area contributed by atoms with Crippen LogP contribution in [-0.4, -0.2) is 51.4 Å². The van der Waals surface area contributed by atoms with Crippen LogP contribution in [0.2, 0.25) is 0 Å². The largest absolute Gasteiger partial charge is 0.496 e. The van der Waals surface area contributed by atoms with Crippen molar-refractivity contribution in [3.8, 4) is 17.2 Å². The Morgan fingerprint density at radius 1 is 0.977 bits per heavy atom. The van der Waals surface area contributed by atoms with E-state index in [1.165, 1.54) is 25.0 Å². The lowest BCUT2D eigenvalue weighted by atomic mass is 9.89. The van der Waals surface area contributed by atoms with E-state index in [4.69, 9.17) is 9.47 Å². The van der Waals surface area contributed by atoms with Gasteiger partial charge in [0.05, 0.1) is 12.6 Å². The molecular weight excluding hydrogens is 546 g/mol. The number of carbonyl (C=O) groups is 2. The quantitative estimate of drug-likeness (QED) is 0.195. The molecule has 1 aliphatic rings. The normalized spacial score (nSPS) is 13.4. The summed E-state index contributed by atoms with van der Waals surface area (Å²) in [5, 5.41) is 9.15. The Morgan fingerprint density at radius 3 is 2.56 bits per heavy atom. The third-order valence-corrected chi connectivity index (χ3v) is 7.94. The van der Waals surface area contributed by atoms with Crippen molar-refractivity contribution in [2.24, 2.45) is 5.92 Å². The van der Waals surface area contributed by atoms with Crippen LogP contribution < -0.4 is 30.9 Å². The molecule has 0 bridgehead atoms. The van der Waals surface area contributed by atoms with Crippen molar-refractivity contribution in [1.82, 2.24) is 15.6 Å². The number of nitrogens with zero attached hydrogens (tertiary/aromatic N) is 1. The number of pyridine rings is 1. The van der Waals surface area contributed by atoms with E-state index in [1.54, 1.807) is 19.4 Å². The minimum Gasteiger partial charge on any atom is -0.496 e. The van der Waals surface area contributed by atoms with Crippen LogP contribution in [0.3, 0.4) is 0 Å². The van der Waals surface area contributed by atoms with Crippen molar-refractivity contribution < 1.29 is 23.5 Å². The number of halogens is 1. The van der Waals surface area contributed by atoms with Crippen LogP contribution in [0.15, 0.2) is 66.9 Å². The highest BCUT2D eigenvalue weighted by Gasteiger charge is 2.18. The van der Waals surface area contributed by atoms with E-state index < -0.39 is 17.6 Å². The minimum atomic E-state index is -0.874. The number of aromatic nitrogens is 1. The first kappa shape index (κ1) is 30.0. The first-order valence-corrected chi connectivity index (χ1v) is 14.7. The van der Waals surface area contributed by atoms with E-state index in [-0.39, 0.29) is 11.4 Å². The second kappa shape index (κ2) is 14.2. The van der Waals surface area contributed by atoms with Crippen molar-refractivity contribution in [2.75, 3.05) is 32.1 Å². The van der Waals surface area contributed by atoms with Crippen LogP contribution in [0.4, 0.5) is 10.1 Å². The lowest BCUT2D eigenvalue weighted by Gasteiger charge is -2.23. The zero-order chi connectivity index (χ0) is 30.2. The molecule has 5 rings (SSSR count). The lowest BCUT2D eigenvalue weighted by Crippen LogP contribution is -2.36. The number of methoxy groups -OCH3 is 1. The number of ether oxygens (including phenoxy) is 2. The molecule has 43 heavy (non-hydrogen) atoms. The standard InChI is InChI=1S/C33H36BFN4O4/c1-42-31-20-25-28(18-23(31)7-6-21-10-14-36-15-11-21)37-17-13-29(25)43-30-9-8-24(19-27(30)35)39-33(41)32(40)38-16-12-22-4-2-3-5-26(22)34/h2-5,8-9,13,17-21,36H,6-7,10-12,14-16,34H2,1H3,(H,38,40)(H,39,41). The summed E-state index contributed by atoms with van der Waals surface area (Å²) in [4.78, 5) is 29.2. The average molecular weight is 582 g/mol. The van der Waals surface area contributed by atoms with Crippen LogP contribution >= 0.6 is 0 Å². The van der Waals surface area contributed by atoms with Gasteiger partial charge in [-0.05, 0) is 87.0 Å².